The Morgan fingerprint density at radius 2 is 1.91 bits per heavy atom. The molecule has 2 heterocycles. The molecular weight excluding hydrogens is 293 g/mol. The Bertz CT molecular complexity index is 873. The second kappa shape index (κ2) is 5.35. The number of nitrogens with zero attached hydrogens (tertiary/aromatic N) is 1. The Balaban J connectivity index is 1.88. The fourth-order valence-electron chi connectivity index (χ4n) is 3.09. The molecule has 0 saturated heterocycles. The first-order chi connectivity index (χ1) is 11.2. The van der Waals surface area contributed by atoms with Crippen LogP contribution in [0.5, 0.6) is 0 Å². The maximum absolute atomic E-state index is 13.6. The summed E-state index contributed by atoms with van der Waals surface area (Å²) in [6.45, 7) is 0. The lowest BCUT2D eigenvalue weighted by Gasteiger charge is -2.23. The van der Waals surface area contributed by atoms with Crippen LogP contribution in [0.25, 0.3) is 11.3 Å². The lowest BCUT2D eigenvalue weighted by Crippen LogP contribution is -2.23. The summed E-state index contributed by atoms with van der Waals surface area (Å²) in [6, 6.07) is 16.2. The summed E-state index contributed by atoms with van der Waals surface area (Å²) in [4.78, 5) is 12.0. The van der Waals surface area contributed by atoms with Crippen molar-refractivity contribution in [2.75, 3.05) is 5.32 Å². The second-order valence-electron chi connectivity index (χ2n) is 5.59. The first kappa shape index (κ1) is 13.7. The van der Waals surface area contributed by atoms with Gasteiger partial charge in [-0.05, 0) is 17.7 Å². The van der Waals surface area contributed by atoms with Crippen LogP contribution in [0.3, 0.4) is 0 Å². The number of aromatic nitrogens is 2. The van der Waals surface area contributed by atoms with Crippen molar-refractivity contribution >= 4 is 11.7 Å². The summed E-state index contributed by atoms with van der Waals surface area (Å²) in [7, 11) is 0. The number of H-pyrrole nitrogens is 1. The Morgan fingerprint density at radius 1 is 1.09 bits per heavy atom. The molecule has 2 aromatic carbocycles. The van der Waals surface area contributed by atoms with Gasteiger partial charge in [-0.1, -0.05) is 42.5 Å². The van der Waals surface area contributed by atoms with Crippen LogP contribution in [-0.2, 0) is 4.79 Å². The highest BCUT2D eigenvalue weighted by Crippen LogP contribution is 2.41. The maximum Gasteiger partial charge on any atom is 0.226 e. The van der Waals surface area contributed by atoms with Crippen LogP contribution in [0.4, 0.5) is 10.2 Å². The molecular formula is C18H14FN3O. The van der Waals surface area contributed by atoms with Crippen molar-refractivity contribution in [1.29, 1.82) is 0 Å². The topological polar surface area (TPSA) is 57.8 Å². The predicted molar refractivity (Wildman–Crippen MR) is 85.5 cm³/mol. The average molecular weight is 307 g/mol. The third kappa shape index (κ3) is 2.40. The van der Waals surface area contributed by atoms with E-state index in [0.29, 0.717) is 12.2 Å². The molecule has 1 aliphatic heterocycles. The van der Waals surface area contributed by atoms with Crippen molar-refractivity contribution in [2.24, 2.45) is 0 Å². The first-order valence-electron chi connectivity index (χ1n) is 7.41. The number of halogens is 1. The lowest BCUT2D eigenvalue weighted by atomic mass is 9.84. The quantitative estimate of drug-likeness (QED) is 0.758. The van der Waals surface area contributed by atoms with E-state index in [1.54, 1.807) is 6.07 Å². The van der Waals surface area contributed by atoms with E-state index in [0.717, 1.165) is 22.4 Å². The number of amides is 1. The van der Waals surface area contributed by atoms with Crippen LogP contribution < -0.4 is 5.32 Å². The van der Waals surface area contributed by atoms with Gasteiger partial charge in [-0.3, -0.25) is 9.89 Å². The number of benzene rings is 2. The third-order valence-electron chi connectivity index (χ3n) is 4.12. The van der Waals surface area contributed by atoms with E-state index in [2.05, 4.69) is 15.5 Å². The van der Waals surface area contributed by atoms with E-state index in [-0.39, 0.29) is 17.6 Å². The molecule has 23 heavy (non-hydrogen) atoms. The van der Waals surface area contributed by atoms with Gasteiger partial charge in [-0.15, -0.1) is 0 Å². The number of hydrogen-bond donors (Lipinski definition) is 2. The number of carbonyl (C=O) groups excluding carboxylic acids is 1. The molecule has 114 valence electrons. The van der Waals surface area contributed by atoms with E-state index in [1.165, 1.54) is 12.1 Å². The first-order valence-corrected chi connectivity index (χ1v) is 7.41. The van der Waals surface area contributed by atoms with Gasteiger partial charge < -0.3 is 5.32 Å². The van der Waals surface area contributed by atoms with Gasteiger partial charge in [0.2, 0.25) is 5.91 Å². The number of carbonyl (C=O) groups is 1. The zero-order valence-corrected chi connectivity index (χ0v) is 12.2. The molecule has 1 aliphatic rings. The molecule has 4 rings (SSSR count). The highest BCUT2D eigenvalue weighted by molar-refractivity contribution is 5.96. The van der Waals surface area contributed by atoms with Gasteiger partial charge in [0.05, 0.1) is 5.69 Å². The molecule has 1 aromatic heterocycles. The van der Waals surface area contributed by atoms with Gasteiger partial charge in [0, 0.05) is 23.5 Å². The molecule has 1 unspecified atom stereocenters. The molecule has 5 heteroatoms. The summed E-state index contributed by atoms with van der Waals surface area (Å²) in [5.74, 6) is 0.0527. The van der Waals surface area contributed by atoms with Crippen LogP contribution in [0.15, 0.2) is 54.6 Å². The normalized spacial score (nSPS) is 16.7. The smallest absolute Gasteiger partial charge is 0.226 e. The minimum atomic E-state index is -0.304. The fraction of sp³-hybridized carbons (Fsp3) is 0.111. The number of rotatable bonds is 2. The monoisotopic (exact) mass is 307 g/mol. The average Bonchev–Trinajstić information content (AvgIpc) is 2.98. The van der Waals surface area contributed by atoms with Crippen molar-refractivity contribution in [3.05, 3.63) is 71.5 Å². The number of nitrogens with one attached hydrogen (secondary N) is 2. The van der Waals surface area contributed by atoms with E-state index < -0.39 is 0 Å². The minimum Gasteiger partial charge on any atom is -0.309 e. The third-order valence-corrected chi connectivity index (χ3v) is 4.12. The van der Waals surface area contributed by atoms with Gasteiger partial charge in [0.1, 0.15) is 5.82 Å². The molecule has 2 N–H and O–H groups in total. The van der Waals surface area contributed by atoms with Crippen molar-refractivity contribution in [2.45, 2.75) is 12.3 Å². The highest BCUT2D eigenvalue weighted by atomic mass is 19.1. The van der Waals surface area contributed by atoms with E-state index in [9.17, 15) is 9.18 Å². The molecule has 4 nitrogen and oxygen atoms in total. The van der Waals surface area contributed by atoms with E-state index in [1.807, 2.05) is 36.4 Å². The molecule has 1 atom stereocenters. The minimum absolute atomic E-state index is 0.0661. The van der Waals surface area contributed by atoms with Crippen LogP contribution in [-0.4, -0.2) is 16.1 Å². The van der Waals surface area contributed by atoms with E-state index >= 15 is 0 Å². The van der Waals surface area contributed by atoms with Crippen molar-refractivity contribution in [3.63, 3.8) is 0 Å². The number of hydrogen-bond acceptors (Lipinski definition) is 2. The molecule has 0 fully saturated rings. The van der Waals surface area contributed by atoms with E-state index in [4.69, 9.17) is 0 Å². The highest BCUT2D eigenvalue weighted by Gasteiger charge is 2.31. The lowest BCUT2D eigenvalue weighted by molar-refractivity contribution is -0.116. The zero-order valence-electron chi connectivity index (χ0n) is 12.2. The van der Waals surface area contributed by atoms with Crippen molar-refractivity contribution in [1.82, 2.24) is 10.2 Å². The summed E-state index contributed by atoms with van der Waals surface area (Å²) in [5.41, 5.74) is 3.41. The van der Waals surface area contributed by atoms with Gasteiger partial charge in [-0.25, -0.2) is 4.39 Å². The van der Waals surface area contributed by atoms with Crippen LogP contribution >= 0.6 is 0 Å². The maximum atomic E-state index is 13.6. The Hall–Kier alpha value is -2.95. The number of aromatic amines is 1. The number of fused-ring (bicyclic) bond motifs is 1. The second-order valence-corrected chi connectivity index (χ2v) is 5.59. The summed E-state index contributed by atoms with van der Waals surface area (Å²) < 4.78 is 13.6. The number of anilines is 1. The Morgan fingerprint density at radius 3 is 2.70 bits per heavy atom. The van der Waals surface area contributed by atoms with Gasteiger partial charge in [0.25, 0.3) is 0 Å². The largest absolute Gasteiger partial charge is 0.309 e. The summed E-state index contributed by atoms with van der Waals surface area (Å²) in [5, 5.41) is 9.95. The molecule has 0 spiro atoms. The molecule has 0 bridgehead atoms. The fourth-order valence-corrected chi connectivity index (χ4v) is 3.09. The SMILES string of the molecule is O=C1CC(c2ccccc2)c2c(n[nH]c2-c2cccc(F)c2)N1. The summed E-state index contributed by atoms with van der Waals surface area (Å²) >= 11 is 0. The summed E-state index contributed by atoms with van der Waals surface area (Å²) in [6.07, 6.45) is 0.346. The predicted octanol–water partition coefficient (Wildman–Crippen LogP) is 3.69. The molecule has 3 aromatic rings. The molecule has 0 radical (unpaired) electrons. The molecule has 0 saturated carbocycles. The zero-order chi connectivity index (χ0) is 15.8. The molecule has 0 aliphatic carbocycles. The van der Waals surface area contributed by atoms with Gasteiger partial charge in [0.15, 0.2) is 5.82 Å². The van der Waals surface area contributed by atoms with Crippen molar-refractivity contribution < 1.29 is 9.18 Å². The van der Waals surface area contributed by atoms with Crippen molar-refractivity contribution in [3.8, 4) is 11.3 Å². The van der Waals surface area contributed by atoms with Crippen LogP contribution in [0, 0.1) is 5.82 Å². The van der Waals surface area contributed by atoms with Crippen LogP contribution in [0.2, 0.25) is 0 Å². The van der Waals surface area contributed by atoms with Gasteiger partial charge >= 0.3 is 0 Å². The Kier molecular flexibility index (Phi) is 3.19. The Labute approximate surface area is 132 Å². The van der Waals surface area contributed by atoms with Gasteiger partial charge in [-0.2, -0.15) is 5.10 Å². The molecule has 1 amide bonds. The van der Waals surface area contributed by atoms with Crippen LogP contribution in [0.1, 0.15) is 23.5 Å². The standard InChI is InChI=1S/C18H14FN3O/c19-13-8-4-7-12(9-13)17-16-14(11-5-2-1-3-6-11)10-15(23)20-18(16)22-21-17/h1-9,14H,10H2,(H2,20,21,22,23).